The molecule has 1 fully saturated rings. The Hall–Kier alpha value is -0.250. The van der Waals surface area contributed by atoms with Crippen LogP contribution in [0.1, 0.15) is 59.3 Å². The molecule has 1 saturated carbocycles. The molecule has 0 saturated heterocycles. The zero-order valence-corrected chi connectivity index (χ0v) is 10.9. The number of rotatable bonds is 3. The maximum absolute atomic E-state index is 12.1. The number of hydrogen-bond acceptors (Lipinski definition) is 1. The summed E-state index contributed by atoms with van der Waals surface area (Å²) < 4.78 is 36.2. The van der Waals surface area contributed by atoms with E-state index < -0.39 is 18.2 Å². The van der Waals surface area contributed by atoms with Crippen molar-refractivity contribution in [3.8, 4) is 0 Å². The van der Waals surface area contributed by atoms with Gasteiger partial charge < -0.3 is 5.11 Å². The second-order valence-electron chi connectivity index (χ2n) is 6.55. The molecule has 1 aliphatic carbocycles. The summed E-state index contributed by atoms with van der Waals surface area (Å²) in [6.07, 6.45) is -2.32. The molecular weight excluding hydrogens is 229 g/mol. The average Bonchev–Trinajstić information content (AvgIpc) is 1.94. The van der Waals surface area contributed by atoms with Crippen molar-refractivity contribution in [2.24, 2.45) is 11.3 Å². The normalized spacial score (nSPS) is 33.7. The predicted molar refractivity (Wildman–Crippen MR) is 61.7 cm³/mol. The van der Waals surface area contributed by atoms with Crippen LogP contribution >= 0.6 is 0 Å². The van der Waals surface area contributed by atoms with Crippen molar-refractivity contribution in [1.29, 1.82) is 0 Å². The molecule has 0 aliphatic heterocycles. The van der Waals surface area contributed by atoms with Gasteiger partial charge in [0, 0.05) is 6.42 Å². The van der Waals surface area contributed by atoms with Gasteiger partial charge >= 0.3 is 6.18 Å². The van der Waals surface area contributed by atoms with Crippen molar-refractivity contribution in [2.45, 2.75) is 71.1 Å². The number of hydrogen-bond donors (Lipinski definition) is 1. The highest BCUT2D eigenvalue weighted by atomic mass is 19.4. The van der Waals surface area contributed by atoms with Crippen LogP contribution in [0.3, 0.4) is 0 Å². The minimum Gasteiger partial charge on any atom is -0.390 e. The molecule has 1 N–H and O–H groups in total. The van der Waals surface area contributed by atoms with E-state index in [0.717, 1.165) is 6.42 Å². The molecule has 0 bridgehead atoms. The smallest absolute Gasteiger partial charge is 0.389 e. The summed E-state index contributed by atoms with van der Waals surface area (Å²) in [5, 5.41) is 10.4. The van der Waals surface area contributed by atoms with Crippen LogP contribution in [0.5, 0.6) is 0 Å². The summed E-state index contributed by atoms with van der Waals surface area (Å²) in [7, 11) is 0. The van der Waals surface area contributed by atoms with E-state index in [1.807, 2.05) is 0 Å². The van der Waals surface area contributed by atoms with Crippen molar-refractivity contribution in [1.82, 2.24) is 0 Å². The second kappa shape index (κ2) is 4.79. The van der Waals surface area contributed by atoms with Crippen LogP contribution in [-0.2, 0) is 0 Å². The van der Waals surface area contributed by atoms with Gasteiger partial charge in [-0.1, -0.05) is 20.8 Å². The van der Waals surface area contributed by atoms with Gasteiger partial charge in [-0.2, -0.15) is 13.2 Å². The van der Waals surface area contributed by atoms with Crippen molar-refractivity contribution in [2.75, 3.05) is 0 Å². The minimum absolute atomic E-state index is 0.0306. The van der Waals surface area contributed by atoms with Gasteiger partial charge in [0.15, 0.2) is 0 Å². The standard InChI is InChI=1S/C13H23F3O/c1-10-7-11(2,3)9-12(17,8-10)5-4-6-13(14,15)16/h10,17H,4-9H2,1-3H3. The quantitative estimate of drug-likeness (QED) is 0.794. The average molecular weight is 252 g/mol. The van der Waals surface area contributed by atoms with Crippen LogP contribution in [0.4, 0.5) is 13.2 Å². The van der Waals surface area contributed by atoms with Gasteiger partial charge in [-0.05, 0) is 43.4 Å². The molecule has 0 radical (unpaired) electrons. The first-order valence-corrected chi connectivity index (χ1v) is 6.31. The van der Waals surface area contributed by atoms with E-state index in [4.69, 9.17) is 0 Å². The lowest BCUT2D eigenvalue weighted by Crippen LogP contribution is -2.42. The molecule has 0 aromatic rings. The summed E-state index contributed by atoms with van der Waals surface area (Å²) in [5.41, 5.74) is -0.864. The summed E-state index contributed by atoms with van der Waals surface area (Å²) in [4.78, 5) is 0. The third-order valence-corrected chi connectivity index (χ3v) is 3.54. The molecule has 0 aromatic carbocycles. The first kappa shape index (κ1) is 14.8. The van der Waals surface area contributed by atoms with Crippen LogP contribution in [0.15, 0.2) is 0 Å². The highest BCUT2D eigenvalue weighted by Gasteiger charge is 2.41. The van der Waals surface area contributed by atoms with Crippen LogP contribution in [-0.4, -0.2) is 16.9 Å². The zero-order chi connectivity index (χ0) is 13.3. The van der Waals surface area contributed by atoms with Crippen LogP contribution < -0.4 is 0 Å². The molecular formula is C13H23F3O. The Bertz CT molecular complexity index is 260. The summed E-state index contributed by atoms with van der Waals surface area (Å²) in [5.74, 6) is 0.384. The monoisotopic (exact) mass is 252 g/mol. The first-order chi connectivity index (χ1) is 7.52. The van der Waals surface area contributed by atoms with E-state index in [0.29, 0.717) is 18.8 Å². The van der Waals surface area contributed by atoms with E-state index in [-0.39, 0.29) is 18.3 Å². The van der Waals surface area contributed by atoms with Gasteiger partial charge in [-0.3, -0.25) is 0 Å². The van der Waals surface area contributed by atoms with E-state index in [1.54, 1.807) is 0 Å². The Morgan fingerprint density at radius 1 is 1.24 bits per heavy atom. The van der Waals surface area contributed by atoms with E-state index >= 15 is 0 Å². The lowest BCUT2D eigenvalue weighted by atomic mass is 9.64. The fraction of sp³-hybridized carbons (Fsp3) is 1.00. The van der Waals surface area contributed by atoms with E-state index in [9.17, 15) is 18.3 Å². The van der Waals surface area contributed by atoms with Gasteiger partial charge in [0.1, 0.15) is 0 Å². The highest BCUT2D eigenvalue weighted by molar-refractivity contribution is 4.93. The van der Waals surface area contributed by atoms with Gasteiger partial charge in [0.25, 0.3) is 0 Å². The minimum atomic E-state index is -4.10. The molecule has 4 heteroatoms. The van der Waals surface area contributed by atoms with Crippen molar-refractivity contribution in [3.63, 3.8) is 0 Å². The molecule has 17 heavy (non-hydrogen) atoms. The van der Waals surface area contributed by atoms with Crippen LogP contribution in [0, 0.1) is 11.3 Å². The molecule has 0 amide bonds. The summed E-state index contributed by atoms with van der Waals surface area (Å²) in [6, 6.07) is 0. The number of halogens is 3. The maximum Gasteiger partial charge on any atom is 0.389 e. The lowest BCUT2D eigenvalue weighted by molar-refractivity contribution is -0.140. The van der Waals surface area contributed by atoms with Gasteiger partial charge in [-0.15, -0.1) is 0 Å². The number of alkyl halides is 3. The number of aliphatic hydroxyl groups is 1. The van der Waals surface area contributed by atoms with Gasteiger partial charge in [0.05, 0.1) is 5.60 Å². The maximum atomic E-state index is 12.1. The largest absolute Gasteiger partial charge is 0.390 e. The van der Waals surface area contributed by atoms with E-state index in [2.05, 4.69) is 20.8 Å². The SMILES string of the molecule is CC1CC(C)(C)CC(O)(CCCC(F)(F)F)C1. The Morgan fingerprint density at radius 3 is 2.29 bits per heavy atom. The lowest BCUT2D eigenvalue weighted by Gasteiger charge is -2.44. The molecule has 1 nitrogen and oxygen atoms in total. The fourth-order valence-corrected chi connectivity index (χ4v) is 3.51. The van der Waals surface area contributed by atoms with Crippen molar-refractivity contribution >= 4 is 0 Å². The second-order valence-corrected chi connectivity index (χ2v) is 6.55. The molecule has 2 unspecified atom stereocenters. The van der Waals surface area contributed by atoms with Crippen LogP contribution in [0.2, 0.25) is 0 Å². The molecule has 0 heterocycles. The Labute approximate surface area is 101 Å². The van der Waals surface area contributed by atoms with Crippen molar-refractivity contribution < 1.29 is 18.3 Å². The first-order valence-electron chi connectivity index (χ1n) is 6.31. The molecule has 1 aliphatic rings. The van der Waals surface area contributed by atoms with Gasteiger partial charge in [0.2, 0.25) is 0 Å². The predicted octanol–water partition coefficient (Wildman–Crippen LogP) is 4.30. The third kappa shape index (κ3) is 5.28. The summed E-state index contributed by atoms with van der Waals surface area (Å²) in [6.45, 7) is 6.23. The Balaban J connectivity index is 2.50. The molecule has 1 rings (SSSR count). The van der Waals surface area contributed by atoms with Gasteiger partial charge in [-0.25, -0.2) is 0 Å². The zero-order valence-electron chi connectivity index (χ0n) is 10.9. The Morgan fingerprint density at radius 2 is 1.82 bits per heavy atom. The van der Waals surface area contributed by atoms with E-state index in [1.165, 1.54) is 0 Å². The molecule has 2 atom stereocenters. The van der Waals surface area contributed by atoms with Crippen molar-refractivity contribution in [3.05, 3.63) is 0 Å². The van der Waals surface area contributed by atoms with Crippen LogP contribution in [0.25, 0.3) is 0 Å². The topological polar surface area (TPSA) is 20.2 Å². The Kier molecular flexibility index (Phi) is 4.17. The molecule has 0 spiro atoms. The highest BCUT2D eigenvalue weighted by Crippen LogP contribution is 2.46. The molecule has 0 aromatic heterocycles. The fourth-order valence-electron chi connectivity index (χ4n) is 3.51. The molecule has 102 valence electrons. The summed E-state index contributed by atoms with van der Waals surface area (Å²) >= 11 is 0. The third-order valence-electron chi connectivity index (χ3n) is 3.54.